The maximum atomic E-state index is 2.34. The van der Waals surface area contributed by atoms with E-state index in [4.69, 9.17) is 0 Å². The fourth-order valence-electron chi connectivity index (χ4n) is 1.24. The number of hydrogen-bond acceptors (Lipinski definition) is 0. The molecule has 0 saturated carbocycles. The Hall–Kier alpha value is -0.520. The Morgan fingerprint density at radius 3 is 2.23 bits per heavy atom. The van der Waals surface area contributed by atoms with Gasteiger partial charge in [-0.25, -0.2) is 0 Å². The molecule has 0 heterocycles. The van der Waals surface area contributed by atoms with Crippen LogP contribution in [-0.2, 0) is 0 Å². The van der Waals surface area contributed by atoms with E-state index in [1.165, 1.54) is 19.3 Å². The van der Waals surface area contributed by atoms with Crippen molar-refractivity contribution in [2.45, 2.75) is 47.0 Å². The summed E-state index contributed by atoms with van der Waals surface area (Å²) in [4.78, 5) is 0. The minimum Gasteiger partial charge on any atom is -0.0911 e. The summed E-state index contributed by atoms with van der Waals surface area (Å²) in [7, 11) is 0. The Labute approximate surface area is 83.7 Å². The van der Waals surface area contributed by atoms with E-state index in [2.05, 4.69) is 52.0 Å². The van der Waals surface area contributed by atoms with Crippen LogP contribution in [-0.4, -0.2) is 0 Å². The Bertz CT molecular complexity index is 153. The van der Waals surface area contributed by atoms with Gasteiger partial charge in [-0.3, -0.25) is 0 Å². The average Bonchev–Trinajstić information content (AvgIpc) is 2.16. The first-order chi connectivity index (χ1) is 6.24. The van der Waals surface area contributed by atoms with Crippen LogP contribution in [0.15, 0.2) is 24.3 Å². The minimum absolute atomic E-state index is 0.647. The van der Waals surface area contributed by atoms with Crippen molar-refractivity contribution in [2.75, 3.05) is 0 Å². The highest BCUT2D eigenvalue weighted by Crippen LogP contribution is 2.11. The van der Waals surface area contributed by atoms with Crippen LogP contribution in [0, 0.1) is 11.8 Å². The molecule has 0 fully saturated rings. The molecule has 0 aromatic carbocycles. The van der Waals surface area contributed by atoms with Gasteiger partial charge in [-0.15, -0.1) is 0 Å². The molecule has 2 unspecified atom stereocenters. The zero-order chi connectivity index (χ0) is 10.1. The van der Waals surface area contributed by atoms with E-state index in [9.17, 15) is 0 Å². The van der Waals surface area contributed by atoms with Gasteiger partial charge in [0.25, 0.3) is 0 Å². The molecule has 0 radical (unpaired) electrons. The fourth-order valence-corrected chi connectivity index (χ4v) is 1.24. The van der Waals surface area contributed by atoms with Crippen LogP contribution < -0.4 is 0 Å². The lowest BCUT2D eigenvalue weighted by Gasteiger charge is -2.05. The van der Waals surface area contributed by atoms with E-state index in [-0.39, 0.29) is 0 Å². The van der Waals surface area contributed by atoms with Gasteiger partial charge in [0.15, 0.2) is 0 Å². The van der Waals surface area contributed by atoms with Gasteiger partial charge in [0.2, 0.25) is 0 Å². The summed E-state index contributed by atoms with van der Waals surface area (Å²) in [5.41, 5.74) is 0. The summed E-state index contributed by atoms with van der Waals surface area (Å²) >= 11 is 0. The predicted molar refractivity (Wildman–Crippen MR) is 61.8 cm³/mol. The molecule has 13 heavy (non-hydrogen) atoms. The lowest BCUT2D eigenvalue weighted by molar-refractivity contribution is 0.569. The maximum absolute atomic E-state index is 2.34. The van der Waals surface area contributed by atoms with Crippen molar-refractivity contribution in [1.82, 2.24) is 0 Å². The lowest BCUT2D eigenvalue weighted by Crippen LogP contribution is -1.91. The van der Waals surface area contributed by atoms with Crippen LogP contribution >= 0.6 is 0 Å². The number of rotatable bonds is 6. The fraction of sp³-hybridized carbons (Fsp3) is 0.692. The molecule has 0 heteroatoms. The predicted octanol–water partition coefficient (Wildman–Crippen LogP) is 4.58. The molecule has 0 aromatic heterocycles. The topological polar surface area (TPSA) is 0 Å². The van der Waals surface area contributed by atoms with Crippen molar-refractivity contribution in [1.29, 1.82) is 0 Å². The Balaban J connectivity index is 3.79. The van der Waals surface area contributed by atoms with E-state index in [0.717, 1.165) is 5.92 Å². The van der Waals surface area contributed by atoms with Gasteiger partial charge in [-0.2, -0.15) is 0 Å². The van der Waals surface area contributed by atoms with Gasteiger partial charge in [0, 0.05) is 0 Å². The third-order valence-corrected chi connectivity index (χ3v) is 2.53. The normalized spacial score (nSPS) is 16.9. The molecular formula is C13H24. The molecule has 0 amide bonds. The third kappa shape index (κ3) is 6.62. The van der Waals surface area contributed by atoms with E-state index >= 15 is 0 Å². The van der Waals surface area contributed by atoms with Gasteiger partial charge < -0.3 is 0 Å². The van der Waals surface area contributed by atoms with Gasteiger partial charge in [0.05, 0.1) is 0 Å². The monoisotopic (exact) mass is 180 g/mol. The highest BCUT2D eigenvalue weighted by molar-refractivity contribution is 4.99. The van der Waals surface area contributed by atoms with Crippen LogP contribution in [0.4, 0.5) is 0 Å². The maximum Gasteiger partial charge on any atom is -0.00562 e. The highest BCUT2D eigenvalue weighted by Gasteiger charge is 1.96. The van der Waals surface area contributed by atoms with E-state index in [1.54, 1.807) is 0 Å². The van der Waals surface area contributed by atoms with Gasteiger partial charge in [-0.1, -0.05) is 51.5 Å². The molecule has 0 rings (SSSR count). The molecule has 0 aliphatic rings. The van der Waals surface area contributed by atoms with E-state index < -0.39 is 0 Å². The summed E-state index contributed by atoms with van der Waals surface area (Å²) < 4.78 is 0. The molecule has 0 saturated heterocycles. The number of allylic oxidation sites excluding steroid dienone is 4. The molecule has 2 atom stereocenters. The first-order valence-electron chi connectivity index (χ1n) is 5.54. The van der Waals surface area contributed by atoms with Gasteiger partial charge >= 0.3 is 0 Å². The minimum atomic E-state index is 0.647. The molecule has 76 valence electrons. The van der Waals surface area contributed by atoms with Crippen LogP contribution in [0.25, 0.3) is 0 Å². The van der Waals surface area contributed by atoms with Crippen molar-refractivity contribution >= 4 is 0 Å². The van der Waals surface area contributed by atoms with Gasteiger partial charge in [0.1, 0.15) is 0 Å². The summed E-state index contributed by atoms with van der Waals surface area (Å²) in [5.74, 6) is 1.48. The van der Waals surface area contributed by atoms with Gasteiger partial charge in [-0.05, 0) is 31.6 Å². The van der Waals surface area contributed by atoms with Crippen LogP contribution in [0.3, 0.4) is 0 Å². The van der Waals surface area contributed by atoms with Crippen molar-refractivity contribution in [2.24, 2.45) is 11.8 Å². The molecule has 0 nitrogen and oxygen atoms in total. The molecule has 0 N–H and O–H groups in total. The zero-order valence-electron chi connectivity index (χ0n) is 9.59. The van der Waals surface area contributed by atoms with Crippen molar-refractivity contribution in [3.63, 3.8) is 0 Å². The second kappa shape index (κ2) is 8.10. The molecule has 0 aliphatic carbocycles. The van der Waals surface area contributed by atoms with E-state index in [1.807, 2.05) is 0 Å². The lowest BCUT2D eigenvalue weighted by atomic mass is 10.0. The Kier molecular flexibility index (Phi) is 7.77. The van der Waals surface area contributed by atoms with Crippen LogP contribution in [0.5, 0.6) is 0 Å². The summed E-state index contributed by atoms with van der Waals surface area (Å²) in [6.45, 7) is 8.88. The smallest absolute Gasteiger partial charge is 0.00562 e. The first kappa shape index (κ1) is 12.5. The second-order valence-electron chi connectivity index (χ2n) is 3.78. The van der Waals surface area contributed by atoms with Crippen molar-refractivity contribution < 1.29 is 0 Å². The zero-order valence-corrected chi connectivity index (χ0v) is 9.59. The summed E-state index contributed by atoms with van der Waals surface area (Å²) in [6, 6.07) is 0. The van der Waals surface area contributed by atoms with Crippen LogP contribution in [0.2, 0.25) is 0 Å². The standard InChI is InChI=1S/C13H24/c1-5-9-13(7-3)11-8-10-12(4)6-2/h5,8-9,11-13H,6-7,10H2,1-4H3. The molecule has 0 bridgehead atoms. The van der Waals surface area contributed by atoms with Crippen molar-refractivity contribution in [3.05, 3.63) is 24.3 Å². The molecule has 0 aliphatic heterocycles. The third-order valence-electron chi connectivity index (χ3n) is 2.53. The highest BCUT2D eigenvalue weighted by atomic mass is 14.0. The second-order valence-corrected chi connectivity index (χ2v) is 3.78. The van der Waals surface area contributed by atoms with Crippen LogP contribution in [0.1, 0.15) is 47.0 Å². The molecule has 0 aromatic rings. The first-order valence-corrected chi connectivity index (χ1v) is 5.54. The quantitative estimate of drug-likeness (QED) is 0.525. The summed E-state index contributed by atoms with van der Waals surface area (Å²) in [5, 5.41) is 0. The Morgan fingerprint density at radius 2 is 1.77 bits per heavy atom. The molecule has 0 spiro atoms. The molecular weight excluding hydrogens is 156 g/mol. The van der Waals surface area contributed by atoms with Crippen molar-refractivity contribution in [3.8, 4) is 0 Å². The average molecular weight is 180 g/mol. The van der Waals surface area contributed by atoms with E-state index in [0.29, 0.717) is 5.92 Å². The summed E-state index contributed by atoms with van der Waals surface area (Å²) in [6.07, 6.45) is 12.8. The Morgan fingerprint density at radius 1 is 1.08 bits per heavy atom. The SMILES string of the molecule is CC=CC(C=CCC(C)CC)CC. The largest absolute Gasteiger partial charge is 0.0911 e. The number of hydrogen-bond donors (Lipinski definition) is 0.